The van der Waals surface area contributed by atoms with Crippen molar-refractivity contribution in [3.63, 3.8) is 0 Å². The Morgan fingerprint density at radius 3 is 2.70 bits per heavy atom. The normalized spacial score (nSPS) is 30.5. The molecule has 114 valence electrons. The Labute approximate surface area is 120 Å². The molecule has 3 saturated carbocycles. The lowest BCUT2D eigenvalue weighted by molar-refractivity contribution is -0.170. The summed E-state index contributed by atoms with van der Waals surface area (Å²) in [4.78, 5) is 14.2. The summed E-state index contributed by atoms with van der Waals surface area (Å²) in [5.74, 6) is 0. The molecule has 0 aromatic carbocycles. The molecule has 1 spiro atoms. The van der Waals surface area contributed by atoms with Gasteiger partial charge in [-0.05, 0) is 39.0 Å². The van der Waals surface area contributed by atoms with Gasteiger partial charge in [0, 0.05) is 30.7 Å². The van der Waals surface area contributed by atoms with Crippen LogP contribution in [-0.4, -0.2) is 54.0 Å². The molecule has 0 saturated heterocycles. The van der Waals surface area contributed by atoms with Crippen LogP contribution in [0.1, 0.15) is 45.4 Å². The number of hydrogen-bond donors (Lipinski definition) is 2. The van der Waals surface area contributed by atoms with Gasteiger partial charge in [0.15, 0.2) is 0 Å². The fraction of sp³-hybridized carbons (Fsp3) is 0.933. The first-order valence-electron chi connectivity index (χ1n) is 8.01. The van der Waals surface area contributed by atoms with Crippen molar-refractivity contribution in [3.8, 4) is 0 Å². The number of rotatable bonds is 6. The molecule has 2 amide bonds. The van der Waals surface area contributed by atoms with Crippen LogP contribution in [-0.2, 0) is 4.74 Å². The van der Waals surface area contributed by atoms with E-state index in [1.54, 1.807) is 4.90 Å². The SMILES string of the molecule is CCO[C@H]1C[C@H](NC(=O)N(CCO)C2CC2)C12CCC2. The molecule has 0 aromatic rings. The van der Waals surface area contributed by atoms with Gasteiger partial charge in [0.1, 0.15) is 0 Å². The highest BCUT2D eigenvalue weighted by atomic mass is 16.5. The minimum Gasteiger partial charge on any atom is -0.395 e. The van der Waals surface area contributed by atoms with Crippen molar-refractivity contribution in [2.75, 3.05) is 19.8 Å². The molecular formula is C15H26N2O3. The third-order valence-corrected chi connectivity index (χ3v) is 5.32. The molecular weight excluding hydrogens is 256 g/mol. The van der Waals surface area contributed by atoms with Gasteiger partial charge in [-0.1, -0.05) is 6.42 Å². The molecule has 0 aliphatic heterocycles. The van der Waals surface area contributed by atoms with E-state index in [1.165, 1.54) is 19.3 Å². The van der Waals surface area contributed by atoms with E-state index in [0.717, 1.165) is 25.9 Å². The van der Waals surface area contributed by atoms with Crippen LogP contribution in [0.15, 0.2) is 0 Å². The lowest BCUT2D eigenvalue weighted by Gasteiger charge is -2.61. The maximum atomic E-state index is 12.4. The first-order valence-corrected chi connectivity index (χ1v) is 8.01. The molecule has 3 fully saturated rings. The van der Waals surface area contributed by atoms with Crippen LogP contribution in [0.3, 0.4) is 0 Å². The largest absolute Gasteiger partial charge is 0.395 e. The average Bonchev–Trinajstić information content (AvgIpc) is 3.16. The number of carbonyl (C=O) groups excluding carboxylic acids is 1. The summed E-state index contributed by atoms with van der Waals surface area (Å²) in [5.41, 5.74) is 0.208. The van der Waals surface area contributed by atoms with Gasteiger partial charge in [0.2, 0.25) is 0 Å². The molecule has 3 rings (SSSR count). The van der Waals surface area contributed by atoms with E-state index in [-0.39, 0.29) is 24.1 Å². The molecule has 5 heteroatoms. The second-order valence-corrected chi connectivity index (χ2v) is 6.42. The molecule has 3 aliphatic carbocycles. The first kappa shape index (κ1) is 14.1. The van der Waals surface area contributed by atoms with Gasteiger partial charge in [0.05, 0.1) is 12.7 Å². The molecule has 5 nitrogen and oxygen atoms in total. The van der Waals surface area contributed by atoms with Gasteiger partial charge < -0.3 is 20.1 Å². The predicted octanol–water partition coefficient (Wildman–Crippen LogP) is 1.50. The Kier molecular flexibility index (Phi) is 3.91. The zero-order valence-electron chi connectivity index (χ0n) is 12.3. The topological polar surface area (TPSA) is 61.8 Å². The van der Waals surface area contributed by atoms with Crippen molar-refractivity contribution in [2.45, 2.75) is 63.6 Å². The quantitative estimate of drug-likeness (QED) is 0.776. The molecule has 20 heavy (non-hydrogen) atoms. The highest BCUT2D eigenvalue weighted by Gasteiger charge is 2.59. The summed E-state index contributed by atoms with van der Waals surface area (Å²) < 4.78 is 5.81. The van der Waals surface area contributed by atoms with Crippen molar-refractivity contribution in [3.05, 3.63) is 0 Å². The number of carbonyl (C=O) groups is 1. The maximum Gasteiger partial charge on any atom is 0.317 e. The van der Waals surface area contributed by atoms with E-state index in [0.29, 0.717) is 18.7 Å². The molecule has 2 atom stereocenters. The number of amides is 2. The van der Waals surface area contributed by atoms with Crippen molar-refractivity contribution in [1.82, 2.24) is 10.2 Å². The van der Waals surface area contributed by atoms with E-state index in [1.807, 2.05) is 6.92 Å². The monoisotopic (exact) mass is 282 g/mol. The fourth-order valence-corrected chi connectivity index (χ4v) is 3.82. The predicted molar refractivity (Wildman–Crippen MR) is 75.4 cm³/mol. The van der Waals surface area contributed by atoms with Gasteiger partial charge in [-0.25, -0.2) is 4.79 Å². The van der Waals surface area contributed by atoms with Gasteiger partial charge in [0.25, 0.3) is 0 Å². The van der Waals surface area contributed by atoms with Crippen LogP contribution in [0.4, 0.5) is 4.79 Å². The third-order valence-electron chi connectivity index (χ3n) is 5.32. The Morgan fingerprint density at radius 1 is 1.45 bits per heavy atom. The van der Waals surface area contributed by atoms with Gasteiger partial charge in [-0.3, -0.25) is 0 Å². The van der Waals surface area contributed by atoms with Crippen molar-refractivity contribution >= 4 is 6.03 Å². The number of nitrogens with zero attached hydrogens (tertiary/aromatic N) is 1. The Hall–Kier alpha value is -0.810. The number of urea groups is 1. The second-order valence-electron chi connectivity index (χ2n) is 6.42. The fourth-order valence-electron chi connectivity index (χ4n) is 3.82. The number of hydrogen-bond acceptors (Lipinski definition) is 3. The third kappa shape index (κ3) is 2.31. The highest BCUT2D eigenvalue weighted by molar-refractivity contribution is 5.75. The van der Waals surface area contributed by atoms with E-state index in [2.05, 4.69) is 5.32 Å². The summed E-state index contributed by atoms with van der Waals surface area (Å²) in [5, 5.41) is 12.3. The Balaban J connectivity index is 1.56. The number of aliphatic hydroxyl groups is 1. The van der Waals surface area contributed by atoms with Gasteiger partial charge >= 0.3 is 6.03 Å². The molecule has 0 radical (unpaired) electrons. The summed E-state index contributed by atoms with van der Waals surface area (Å²) in [6.07, 6.45) is 7.02. The first-order chi connectivity index (χ1) is 9.71. The summed E-state index contributed by atoms with van der Waals surface area (Å²) in [7, 11) is 0. The van der Waals surface area contributed by atoms with Crippen LogP contribution in [0.2, 0.25) is 0 Å². The van der Waals surface area contributed by atoms with Crippen molar-refractivity contribution < 1.29 is 14.6 Å². The van der Waals surface area contributed by atoms with Gasteiger partial charge in [-0.15, -0.1) is 0 Å². The zero-order valence-corrected chi connectivity index (χ0v) is 12.3. The summed E-state index contributed by atoms with van der Waals surface area (Å²) in [6, 6.07) is 0.621. The van der Waals surface area contributed by atoms with E-state index >= 15 is 0 Å². The van der Waals surface area contributed by atoms with Crippen molar-refractivity contribution in [2.24, 2.45) is 5.41 Å². The summed E-state index contributed by atoms with van der Waals surface area (Å²) >= 11 is 0. The van der Waals surface area contributed by atoms with Crippen LogP contribution in [0.25, 0.3) is 0 Å². The van der Waals surface area contributed by atoms with Crippen LogP contribution < -0.4 is 5.32 Å². The average molecular weight is 282 g/mol. The second kappa shape index (κ2) is 5.53. The van der Waals surface area contributed by atoms with E-state index in [4.69, 9.17) is 9.84 Å². The minimum atomic E-state index is 0.00720. The minimum absolute atomic E-state index is 0.00720. The Bertz CT molecular complexity index is 366. The Morgan fingerprint density at radius 2 is 2.20 bits per heavy atom. The van der Waals surface area contributed by atoms with Crippen LogP contribution in [0, 0.1) is 5.41 Å². The number of nitrogens with one attached hydrogen (secondary N) is 1. The zero-order chi connectivity index (χ0) is 14.2. The van der Waals surface area contributed by atoms with E-state index < -0.39 is 0 Å². The molecule has 0 bridgehead atoms. The molecule has 0 aromatic heterocycles. The lowest BCUT2D eigenvalue weighted by Crippen LogP contribution is -2.68. The van der Waals surface area contributed by atoms with Crippen LogP contribution >= 0.6 is 0 Å². The maximum absolute atomic E-state index is 12.4. The smallest absolute Gasteiger partial charge is 0.317 e. The number of ether oxygens (including phenoxy) is 1. The molecule has 0 heterocycles. The number of aliphatic hydroxyl groups excluding tert-OH is 1. The highest BCUT2D eigenvalue weighted by Crippen LogP contribution is 2.57. The van der Waals surface area contributed by atoms with Gasteiger partial charge in [-0.2, -0.15) is 0 Å². The van der Waals surface area contributed by atoms with Crippen molar-refractivity contribution in [1.29, 1.82) is 0 Å². The lowest BCUT2D eigenvalue weighted by atomic mass is 9.51. The van der Waals surface area contributed by atoms with Crippen LogP contribution in [0.5, 0.6) is 0 Å². The molecule has 2 N–H and O–H groups in total. The molecule has 3 aliphatic rings. The summed E-state index contributed by atoms with van der Waals surface area (Å²) in [6.45, 7) is 3.28. The molecule has 0 unspecified atom stereocenters. The van der Waals surface area contributed by atoms with E-state index in [9.17, 15) is 4.79 Å². The standard InChI is InChI=1S/C15H26N2O3/c1-2-20-13-10-12(15(13)6-3-7-15)16-14(19)17(8-9-18)11-4-5-11/h11-13,18H,2-10H2,1H3,(H,16,19)/t12-,13-/m0/s1.